The fourth-order valence-electron chi connectivity index (χ4n) is 5.03. The molecule has 42 heavy (non-hydrogen) atoms. The van der Waals surface area contributed by atoms with E-state index in [4.69, 9.17) is 4.74 Å². The van der Waals surface area contributed by atoms with E-state index in [9.17, 15) is 27.9 Å². The molecule has 0 fully saturated rings. The summed E-state index contributed by atoms with van der Waals surface area (Å²) < 4.78 is 30.1. The molecule has 1 heterocycles. The van der Waals surface area contributed by atoms with Crippen molar-refractivity contribution in [1.82, 2.24) is 10.6 Å². The maximum atomic E-state index is 12.5. The van der Waals surface area contributed by atoms with Crippen LogP contribution >= 0.6 is 0 Å². The first-order valence-corrected chi connectivity index (χ1v) is 17.2. The Bertz CT molecular complexity index is 1120. The van der Waals surface area contributed by atoms with Gasteiger partial charge >= 0.3 is 12.1 Å². The third kappa shape index (κ3) is 13.4. The largest absolute Gasteiger partial charge is 0.480 e. The highest BCUT2D eigenvalue weighted by atomic mass is 32.2. The van der Waals surface area contributed by atoms with Crippen molar-refractivity contribution < 1.29 is 32.6 Å². The molecule has 0 saturated heterocycles. The summed E-state index contributed by atoms with van der Waals surface area (Å²) in [6.07, 6.45) is 18.5. The van der Waals surface area contributed by atoms with Crippen LogP contribution in [-0.4, -0.2) is 50.7 Å². The van der Waals surface area contributed by atoms with Gasteiger partial charge in [-0.05, 0) is 43.4 Å². The maximum absolute atomic E-state index is 12.5. The number of amides is 2. The lowest BCUT2D eigenvalue weighted by molar-refractivity contribution is -0.139. The number of fused-ring (bicyclic) bond motifs is 1. The molecule has 10 heteroatoms. The molecule has 1 aromatic rings. The molecule has 0 unspecified atom stereocenters. The van der Waals surface area contributed by atoms with Crippen LogP contribution in [0.4, 0.5) is 4.79 Å². The van der Waals surface area contributed by atoms with Crippen LogP contribution in [0.1, 0.15) is 122 Å². The Labute approximate surface area is 251 Å². The van der Waals surface area contributed by atoms with Crippen LogP contribution in [0, 0.1) is 0 Å². The molecule has 0 saturated carbocycles. The van der Waals surface area contributed by atoms with Gasteiger partial charge in [-0.25, -0.2) is 18.0 Å². The minimum absolute atomic E-state index is 0.00730. The second-order valence-corrected chi connectivity index (χ2v) is 13.1. The Kier molecular flexibility index (Phi) is 16.9. The van der Waals surface area contributed by atoms with E-state index < -0.39 is 34.5 Å². The molecule has 1 atom stereocenters. The van der Waals surface area contributed by atoms with Gasteiger partial charge in [0, 0.05) is 13.0 Å². The summed E-state index contributed by atoms with van der Waals surface area (Å²) in [5, 5.41) is 14.6. The number of hydrogen-bond donors (Lipinski definition) is 3. The molecular weight excluding hydrogens is 556 g/mol. The number of hydrogen-bond acceptors (Lipinski definition) is 6. The highest BCUT2D eigenvalue weighted by Crippen LogP contribution is 2.32. The van der Waals surface area contributed by atoms with E-state index in [1.165, 1.54) is 76.4 Å². The van der Waals surface area contributed by atoms with E-state index in [0.717, 1.165) is 19.3 Å². The molecule has 236 valence electrons. The lowest BCUT2D eigenvalue weighted by Crippen LogP contribution is -2.41. The summed E-state index contributed by atoms with van der Waals surface area (Å²) in [5.74, 6) is -1.20. The lowest BCUT2D eigenvalue weighted by atomic mass is 10.0. The zero-order valence-corrected chi connectivity index (χ0v) is 26.0. The monoisotopic (exact) mass is 606 g/mol. The topological polar surface area (TPSA) is 139 Å². The SMILES string of the molecule is CCCCCCCCCCCCCCCC(=O)NCCCC[C@H](NC(=O)OCC1=Cc2ccccc2S1(=O)=O)C(=O)O. The number of nitrogens with one attached hydrogen (secondary N) is 2. The molecule has 0 radical (unpaired) electrons. The molecular formula is C32H50N2O7S. The molecule has 1 aromatic carbocycles. The van der Waals surface area contributed by atoms with Crippen molar-refractivity contribution in [3.8, 4) is 0 Å². The molecule has 0 spiro atoms. The predicted octanol–water partition coefficient (Wildman–Crippen LogP) is 6.76. The molecule has 9 nitrogen and oxygen atoms in total. The fourth-order valence-corrected chi connectivity index (χ4v) is 6.50. The molecule has 2 rings (SSSR count). The van der Waals surface area contributed by atoms with Crippen LogP contribution in [0.5, 0.6) is 0 Å². The average Bonchev–Trinajstić information content (AvgIpc) is 3.22. The van der Waals surface area contributed by atoms with Gasteiger partial charge < -0.3 is 20.5 Å². The van der Waals surface area contributed by atoms with Gasteiger partial charge in [-0.1, -0.05) is 102 Å². The van der Waals surface area contributed by atoms with E-state index in [1.807, 2.05) is 0 Å². The second-order valence-electron chi connectivity index (χ2n) is 11.1. The Balaban J connectivity index is 1.48. The molecule has 0 bridgehead atoms. The Hall–Kier alpha value is -2.88. The van der Waals surface area contributed by atoms with Crippen LogP contribution in [0.3, 0.4) is 0 Å². The van der Waals surface area contributed by atoms with E-state index in [0.29, 0.717) is 31.4 Å². The number of rotatable bonds is 23. The zero-order valence-electron chi connectivity index (χ0n) is 25.2. The number of carbonyl (C=O) groups excluding carboxylic acids is 2. The van der Waals surface area contributed by atoms with Gasteiger partial charge in [0.15, 0.2) is 0 Å². The number of ether oxygens (including phenoxy) is 1. The molecule has 1 aliphatic heterocycles. The number of unbranched alkanes of at least 4 members (excludes halogenated alkanes) is 13. The van der Waals surface area contributed by atoms with Gasteiger partial charge in [0.05, 0.1) is 9.80 Å². The smallest absolute Gasteiger partial charge is 0.408 e. The number of carbonyl (C=O) groups is 3. The molecule has 3 N–H and O–H groups in total. The number of alkyl carbamates (subject to hydrolysis) is 1. The fraction of sp³-hybridized carbons (Fsp3) is 0.656. The van der Waals surface area contributed by atoms with E-state index >= 15 is 0 Å². The molecule has 0 aromatic heterocycles. The van der Waals surface area contributed by atoms with Crippen molar-refractivity contribution in [2.45, 2.75) is 127 Å². The molecule has 1 aliphatic rings. The van der Waals surface area contributed by atoms with Crippen molar-refractivity contribution in [3.63, 3.8) is 0 Å². The molecule has 2 amide bonds. The van der Waals surface area contributed by atoms with E-state index in [-0.39, 0.29) is 22.1 Å². The van der Waals surface area contributed by atoms with Gasteiger partial charge in [0.2, 0.25) is 15.7 Å². The lowest BCUT2D eigenvalue weighted by Gasteiger charge is -2.15. The Morgan fingerprint density at radius 1 is 0.833 bits per heavy atom. The number of aliphatic carboxylic acids is 1. The van der Waals surface area contributed by atoms with Crippen molar-refractivity contribution in [2.75, 3.05) is 13.2 Å². The van der Waals surface area contributed by atoms with E-state index in [2.05, 4.69) is 17.6 Å². The standard InChI is InChI=1S/C32H50N2O7S/c1-2-3-4-5-6-7-8-9-10-11-12-13-14-22-30(35)33-23-18-17-20-28(31(36)37)34-32(38)41-25-27-24-26-19-15-16-21-29(26)42(27,39)40/h15-16,19,21,24,28H,2-14,17-18,20,22-23,25H2,1H3,(H,33,35)(H,34,38)(H,36,37)/t28-/m0/s1. The van der Waals surface area contributed by atoms with Gasteiger partial charge in [-0.2, -0.15) is 0 Å². The number of benzene rings is 1. The summed E-state index contributed by atoms with van der Waals surface area (Å²) in [7, 11) is -3.73. The Morgan fingerprint density at radius 3 is 2.02 bits per heavy atom. The zero-order chi connectivity index (χ0) is 30.6. The predicted molar refractivity (Wildman–Crippen MR) is 165 cm³/mol. The normalized spacial score (nSPS) is 14.1. The first-order valence-electron chi connectivity index (χ1n) is 15.7. The van der Waals surface area contributed by atoms with Crippen molar-refractivity contribution in [2.24, 2.45) is 0 Å². The summed E-state index contributed by atoms with van der Waals surface area (Å²) in [6, 6.07) is 5.29. The number of carboxylic acid groups (broad SMARTS) is 1. The van der Waals surface area contributed by atoms with Crippen LogP contribution in [0.2, 0.25) is 0 Å². The average molecular weight is 607 g/mol. The van der Waals surface area contributed by atoms with Gasteiger partial charge in [0.25, 0.3) is 0 Å². The summed E-state index contributed by atoms with van der Waals surface area (Å²) in [4.78, 5) is 35.9. The quantitative estimate of drug-likeness (QED) is 0.117. The first kappa shape index (κ1) is 35.3. The third-order valence-corrected chi connectivity index (χ3v) is 9.43. The summed E-state index contributed by atoms with van der Waals surface area (Å²) in [6.45, 7) is 2.20. The van der Waals surface area contributed by atoms with Crippen LogP contribution in [-0.2, 0) is 24.2 Å². The maximum Gasteiger partial charge on any atom is 0.408 e. The van der Waals surface area contributed by atoms with Crippen molar-refractivity contribution in [3.05, 3.63) is 34.7 Å². The first-order chi connectivity index (χ1) is 20.3. The van der Waals surface area contributed by atoms with Crippen LogP contribution < -0.4 is 10.6 Å². The van der Waals surface area contributed by atoms with E-state index in [1.54, 1.807) is 18.2 Å². The highest BCUT2D eigenvalue weighted by molar-refractivity contribution is 7.95. The minimum Gasteiger partial charge on any atom is -0.480 e. The van der Waals surface area contributed by atoms with Gasteiger partial charge in [0.1, 0.15) is 12.6 Å². The van der Waals surface area contributed by atoms with Crippen molar-refractivity contribution >= 4 is 33.9 Å². The number of carboxylic acids is 1. The number of sulfone groups is 1. The Morgan fingerprint density at radius 2 is 1.43 bits per heavy atom. The summed E-state index contributed by atoms with van der Waals surface area (Å²) in [5.41, 5.74) is 0.524. The van der Waals surface area contributed by atoms with Crippen LogP contribution in [0.25, 0.3) is 6.08 Å². The minimum atomic E-state index is -3.73. The third-order valence-electron chi connectivity index (χ3n) is 7.56. The van der Waals surface area contributed by atoms with Crippen LogP contribution in [0.15, 0.2) is 34.1 Å². The van der Waals surface area contributed by atoms with Gasteiger partial charge in [-0.3, -0.25) is 4.79 Å². The van der Waals surface area contributed by atoms with Crippen molar-refractivity contribution in [1.29, 1.82) is 0 Å². The highest BCUT2D eigenvalue weighted by Gasteiger charge is 2.30. The molecule has 0 aliphatic carbocycles. The summed E-state index contributed by atoms with van der Waals surface area (Å²) >= 11 is 0. The second kappa shape index (κ2) is 20.1. The van der Waals surface area contributed by atoms with Gasteiger partial charge in [-0.15, -0.1) is 0 Å².